The summed E-state index contributed by atoms with van der Waals surface area (Å²) in [5.41, 5.74) is 3.48. The van der Waals surface area contributed by atoms with E-state index in [0.29, 0.717) is 23.8 Å². The molecule has 2 heterocycles. The highest BCUT2D eigenvalue weighted by Gasteiger charge is 2.19. The Balaban J connectivity index is 1.83. The second-order valence-electron chi connectivity index (χ2n) is 6.50. The van der Waals surface area contributed by atoms with Crippen LogP contribution >= 0.6 is 22.7 Å². The van der Waals surface area contributed by atoms with Gasteiger partial charge in [0.1, 0.15) is 5.01 Å². The molecule has 5 nitrogen and oxygen atoms in total. The molecular formula is C21H26N2O3S2. The van der Waals surface area contributed by atoms with Crippen molar-refractivity contribution in [1.29, 1.82) is 0 Å². The van der Waals surface area contributed by atoms with Crippen molar-refractivity contribution in [3.05, 3.63) is 55.7 Å². The van der Waals surface area contributed by atoms with E-state index in [1.165, 1.54) is 10.4 Å². The summed E-state index contributed by atoms with van der Waals surface area (Å²) in [5.74, 6) is 1.93. The first kappa shape index (κ1) is 20.6. The van der Waals surface area contributed by atoms with E-state index in [0.717, 1.165) is 22.7 Å². The monoisotopic (exact) mass is 418 g/mol. The van der Waals surface area contributed by atoms with Crippen molar-refractivity contribution in [1.82, 2.24) is 10.3 Å². The number of aryl methyl sites for hydroxylation is 2. The minimum Gasteiger partial charge on any atom is -0.493 e. The number of benzene rings is 1. The minimum absolute atomic E-state index is 0.145. The zero-order chi connectivity index (χ0) is 20.1. The lowest BCUT2D eigenvalue weighted by molar-refractivity contribution is 0.323. The molecule has 3 aromatic rings. The number of thiazole rings is 1. The van der Waals surface area contributed by atoms with Gasteiger partial charge in [-0.2, -0.15) is 11.3 Å². The van der Waals surface area contributed by atoms with Gasteiger partial charge in [-0.3, -0.25) is 0 Å². The van der Waals surface area contributed by atoms with Crippen LogP contribution in [-0.4, -0.2) is 26.3 Å². The molecule has 0 saturated carbocycles. The van der Waals surface area contributed by atoms with E-state index >= 15 is 0 Å². The van der Waals surface area contributed by atoms with Crippen molar-refractivity contribution in [2.75, 3.05) is 21.3 Å². The smallest absolute Gasteiger partial charge is 0.203 e. The van der Waals surface area contributed by atoms with Crippen LogP contribution in [0.2, 0.25) is 0 Å². The Hall–Kier alpha value is -2.09. The lowest BCUT2D eigenvalue weighted by atomic mass is 10.1. The number of nitrogens with zero attached hydrogens (tertiary/aromatic N) is 1. The average molecular weight is 419 g/mol. The molecule has 2 aromatic heterocycles. The van der Waals surface area contributed by atoms with Gasteiger partial charge in [0.15, 0.2) is 11.5 Å². The van der Waals surface area contributed by atoms with Gasteiger partial charge >= 0.3 is 0 Å². The Morgan fingerprint density at radius 3 is 2.25 bits per heavy atom. The Morgan fingerprint density at radius 1 is 1.04 bits per heavy atom. The van der Waals surface area contributed by atoms with E-state index in [1.807, 2.05) is 12.1 Å². The topological polar surface area (TPSA) is 52.6 Å². The fraction of sp³-hybridized carbons (Fsp3) is 0.381. The van der Waals surface area contributed by atoms with E-state index in [-0.39, 0.29) is 6.04 Å². The number of rotatable bonds is 9. The van der Waals surface area contributed by atoms with Gasteiger partial charge in [-0.15, -0.1) is 11.3 Å². The number of thiophene rings is 1. The van der Waals surface area contributed by atoms with E-state index in [1.54, 1.807) is 44.0 Å². The molecule has 0 aliphatic carbocycles. The van der Waals surface area contributed by atoms with Gasteiger partial charge in [0.25, 0.3) is 0 Å². The van der Waals surface area contributed by atoms with Crippen LogP contribution in [0.4, 0.5) is 0 Å². The summed E-state index contributed by atoms with van der Waals surface area (Å²) in [7, 11) is 4.88. The van der Waals surface area contributed by atoms with Crippen molar-refractivity contribution in [3.63, 3.8) is 0 Å². The largest absolute Gasteiger partial charge is 0.493 e. The lowest BCUT2D eigenvalue weighted by Gasteiger charge is -2.18. The third kappa shape index (κ3) is 4.66. The van der Waals surface area contributed by atoms with Crippen molar-refractivity contribution in [3.8, 4) is 17.2 Å². The summed E-state index contributed by atoms with van der Waals surface area (Å²) in [6.45, 7) is 4.86. The second kappa shape index (κ2) is 9.41. The maximum Gasteiger partial charge on any atom is 0.203 e. The summed E-state index contributed by atoms with van der Waals surface area (Å²) in [6, 6.07) is 6.28. The van der Waals surface area contributed by atoms with Gasteiger partial charge in [0.2, 0.25) is 5.75 Å². The summed E-state index contributed by atoms with van der Waals surface area (Å²) in [6.07, 6.45) is 0.903. The SMILES string of the molecule is COc1cc(CN[C@H](Cc2ccsc2)c2nc(C)c(C)s2)cc(OC)c1OC. The highest BCUT2D eigenvalue weighted by Crippen LogP contribution is 2.38. The van der Waals surface area contributed by atoms with E-state index in [9.17, 15) is 0 Å². The van der Waals surface area contributed by atoms with Gasteiger partial charge in [0.05, 0.1) is 33.1 Å². The molecule has 7 heteroatoms. The fourth-order valence-corrected chi connectivity index (χ4v) is 4.70. The van der Waals surface area contributed by atoms with Gasteiger partial charge in [0, 0.05) is 11.4 Å². The molecule has 1 atom stereocenters. The van der Waals surface area contributed by atoms with Gasteiger partial charge in [-0.25, -0.2) is 4.98 Å². The second-order valence-corrected chi connectivity index (χ2v) is 8.51. The predicted octanol–water partition coefficient (Wildman–Crippen LogP) is 4.92. The molecule has 0 radical (unpaired) electrons. The Kier molecular flexibility index (Phi) is 6.93. The summed E-state index contributed by atoms with van der Waals surface area (Å²) in [4.78, 5) is 6.05. The van der Waals surface area contributed by atoms with Crippen molar-refractivity contribution in [2.45, 2.75) is 32.9 Å². The highest BCUT2D eigenvalue weighted by molar-refractivity contribution is 7.11. The Morgan fingerprint density at radius 2 is 1.75 bits per heavy atom. The first-order chi connectivity index (χ1) is 13.5. The quantitative estimate of drug-likeness (QED) is 0.534. The molecule has 0 aliphatic rings. The maximum absolute atomic E-state index is 5.47. The first-order valence-electron chi connectivity index (χ1n) is 9.03. The predicted molar refractivity (Wildman–Crippen MR) is 115 cm³/mol. The molecule has 0 spiro atoms. The molecule has 0 bridgehead atoms. The Labute approximate surface area is 174 Å². The minimum atomic E-state index is 0.145. The number of ether oxygens (including phenoxy) is 3. The van der Waals surface area contributed by atoms with E-state index < -0.39 is 0 Å². The molecule has 1 N–H and O–H groups in total. The van der Waals surface area contributed by atoms with Gasteiger partial charge in [-0.05, 0) is 60.4 Å². The zero-order valence-corrected chi connectivity index (χ0v) is 18.5. The first-order valence-corrected chi connectivity index (χ1v) is 10.8. The lowest BCUT2D eigenvalue weighted by Crippen LogP contribution is -2.23. The number of methoxy groups -OCH3 is 3. The van der Waals surface area contributed by atoms with Crippen LogP contribution in [0.3, 0.4) is 0 Å². The molecule has 0 amide bonds. The number of hydrogen-bond acceptors (Lipinski definition) is 7. The molecule has 0 saturated heterocycles. The van der Waals surface area contributed by atoms with Crippen LogP contribution in [0.5, 0.6) is 17.2 Å². The van der Waals surface area contributed by atoms with Crippen molar-refractivity contribution in [2.24, 2.45) is 0 Å². The number of nitrogens with one attached hydrogen (secondary N) is 1. The molecule has 0 aliphatic heterocycles. The molecular weight excluding hydrogens is 392 g/mol. The van der Waals surface area contributed by atoms with Crippen LogP contribution in [0.15, 0.2) is 29.0 Å². The third-order valence-corrected chi connectivity index (χ3v) is 6.56. The normalized spacial score (nSPS) is 12.0. The average Bonchev–Trinajstić information content (AvgIpc) is 3.33. The molecule has 0 unspecified atom stereocenters. The van der Waals surface area contributed by atoms with Crippen LogP contribution in [0.1, 0.15) is 32.7 Å². The zero-order valence-electron chi connectivity index (χ0n) is 16.9. The third-order valence-electron chi connectivity index (χ3n) is 4.64. The maximum atomic E-state index is 5.47. The van der Waals surface area contributed by atoms with Crippen molar-refractivity contribution >= 4 is 22.7 Å². The van der Waals surface area contributed by atoms with Crippen molar-refractivity contribution < 1.29 is 14.2 Å². The fourth-order valence-electron chi connectivity index (χ4n) is 3.02. The molecule has 1 aromatic carbocycles. The Bertz CT molecular complexity index is 862. The molecule has 150 valence electrons. The van der Waals surface area contributed by atoms with E-state index in [2.05, 4.69) is 36.0 Å². The van der Waals surface area contributed by atoms with Crippen LogP contribution in [0.25, 0.3) is 0 Å². The molecule has 0 fully saturated rings. The van der Waals surface area contributed by atoms with Gasteiger partial charge in [-0.1, -0.05) is 0 Å². The van der Waals surface area contributed by atoms with Gasteiger partial charge < -0.3 is 19.5 Å². The number of hydrogen-bond donors (Lipinski definition) is 1. The molecule has 28 heavy (non-hydrogen) atoms. The van der Waals surface area contributed by atoms with Crippen LogP contribution < -0.4 is 19.5 Å². The van der Waals surface area contributed by atoms with E-state index in [4.69, 9.17) is 19.2 Å². The van der Waals surface area contributed by atoms with Crippen LogP contribution in [-0.2, 0) is 13.0 Å². The standard InChI is InChI=1S/C21H26N2O3S2/c1-13-14(2)28-21(23-13)17(8-15-6-7-27-12-15)22-11-16-9-18(24-3)20(26-5)19(10-16)25-4/h6-7,9-10,12,17,22H,8,11H2,1-5H3/t17-/m1/s1. The summed E-state index contributed by atoms with van der Waals surface area (Å²) >= 11 is 3.48. The van der Waals surface area contributed by atoms with Crippen LogP contribution in [0, 0.1) is 13.8 Å². The highest BCUT2D eigenvalue weighted by atomic mass is 32.1. The number of aromatic nitrogens is 1. The molecule has 3 rings (SSSR count). The summed E-state index contributed by atoms with van der Waals surface area (Å²) < 4.78 is 16.4. The summed E-state index contributed by atoms with van der Waals surface area (Å²) in [5, 5.41) is 9.10.